The summed E-state index contributed by atoms with van der Waals surface area (Å²) in [5, 5.41) is 11.3. The number of nitrogens with one attached hydrogen (secondary N) is 1. The van der Waals surface area contributed by atoms with E-state index in [0.29, 0.717) is 21.8 Å². The molecule has 1 heterocycles. The zero-order chi connectivity index (χ0) is 17.4. The molecular weight excluding hydrogens is 351 g/mol. The van der Waals surface area contributed by atoms with Crippen molar-refractivity contribution in [2.24, 2.45) is 0 Å². The van der Waals surface area contributed by atoms with Crippen LogP contribution in [0.3, 0.4) is 0 Å². The van der Waals surface area contributed by atoms with Gasteiger partial charge in [-0.05, 0) is 54.5 Å². The minimum Gasteiger partial charge on any atom is -0.508 e. The van der Waals surface area contributed by atoms with Crippen LogP contribution in [0.2, 0.25) is 10.0 Å². The van der Waals surface area contributed by atoms with Crippen LogP contribution in [0.5, 0.6) is 5.75 Å². The van der Waals surface area contributed by atoms with E-state index in [4.69, 9.17) is 23.2 Å². The van der Waals surface area contributed by atoms with E-state index in [1.54, 1.807) is 31.2 Å². The average Bonchev–Trinajstić information content (AvgIpc) is 2.82. The summed E-state index contributed by atoms with van der Waals surface area (Å²) in [6.07, 6.45) is 1.47. The normalized spacial score (nSPS) is 16.0. The summed E-state index contributed by atoms with van der Waals surface area (Å²) < 4.78 is 0. The summed E-state index contributed by atoms with van der Waals surface area (Å²) in [6.45, 7) is 1.73. The van der Waals surface area contributed by atoms with Gasteiger partial charge in [-0.1, -0.05) is 29.3 Å². The number of anilines is 1. The van der Waals surface area contributed by atoms with E-state index in [2.05, 4.69) is 5.43 Å². The van der Waals surface area contributed by atoms with Crippen molar-refractivity contribution < 1.29 is 14.7 Å². The Hall–Kier alpha value is -2.50. The van der Waals surface area contributed by atoms with Crippen LogP contribution in [0.15, 0.2) is 42.0 Å². The molecule has 0 radical (unpaired) electrons. The summed E-state index contributed by atoms with van der Waals surface area (Å²) in [5.41, 5.74) is 4.18. The molecule has 3 rings (SSSR count). The Kier molecular flexibility index (Phi) is 4.22. The highest BCUT2D eigenvalue weighted by atomic mass is 35.5. The fourth-order valence-corrected chi connectivity index (χ4v) is 2.59. The van der Waals surface area contributed by atoms with Crippen LogP contribution < -0.4 is 10.4 Å². The van der Waals surface area contributed by atoms with Gasteiger partial charge in [0, 0.05) is 0 Å². The second-order valence-corrected chi connectivity index (χ2v) is 6.10. The number of halogens is 2. The average molecular weight is 363 g/mol. The number of hydrazine groups is 1. The molecule has 1 saturated heterocycles. The van der Waals surface area contributed by atoms with Crippen LogP contribution in [0.25, 0.3) is 6.08 Å². The first kappa shape index (κ1) is 16.4. The van der Waals surface area contributed by atoms with Crippen LogP contribution in [-0.4, -0.2) is 16.9 Å². The second kappa shape index (κ2) is 6.19. The monoisotopic (exact) mass is 362 g/mol. The Bertz CT molecular complexity index is 893. The van der Waals surface area contributed by atoms with Gasteiger partial charge < -0.3 is 5.11 Å². The molecule has 24 heavy (non-hydrogen) atoms. The number of rotatable bonds is 2. The van der Waals surface area contributed by atoms with Gasteiger partial charge in [0.25, 0.3) is 11.8 Å². The van der Waals surface area contributed by atoms with Gasteiger partial charge in [-0.25, -0.2) is 5.01 Å². The van der Waals surface area contributed by atoms with Crippen molar-refractivity contribution >= 4 is 46.8 Å². The van der Waals surface area contributed by atoms with Gasteiger partial charge in [0.05, 0.1) is 15.7 Å². The lowest BCUT2D eigenvalue weighted by atomic mass is 10.1. The summed E-state index contributed by atoms with van der Waals surface area (Å²) in [7, 11) is 0. The fraction of sp³-hybridized carbons (Fsp3) is 0.0588. The molecule has 1 aliphatic heterocycles. The molecule has 0 aromatic heterocycles. The third-order valence-electron chi connectivity index (χ3n) is 3.58. The van der Waals surface area contributed by atoms with E-state index in [-0.39, 0.29) is 16.3 Å². The summed E-state index contributed by atoms with van der Waals surface area (Å²) in [5.74, 6) is -0.863. The topological polar surface area (TPSA) is 69.6 Å². The van der Waals surface area contributed by atoms with E-state index < -0.39 is 11.8 Å². The zero-order valence-electron chi connectivity index (χ0n) is 12.5. The number of aryl methyl sites for hydroxylation is 1. The Labute approximate surface area is 148 Å². The van der Waals surface area contributed by atoms with Crippen LogP contribution in [0.1, 0.15) is 11.1 Å². The van der Waals surface area contributed by atoms with Crippen LogP contribution in [-0.2, 0) is 9.59 Å². The Morgan fingerprint density at radius 3 is 2.50 bits per heavy atom. The molecule has 0 unspecified atom stereocenters. The molecule has 0 aliphatic carbocycles. The number of phenolic OH excluding ortho intramolecular Hbond substituents is 1. The first-order valence-corrected chi connectivity index (χ1v) is 7.74. The smallest absolute Gasteiger partial charge is 0.282 e. The second-order valence-electron chi connectivity index (χ2n) is 5.28. The van der Waals surface area contributed by atoms with Crippen molar-refractivity contribution in [1.82, 2.24) is 5.43 Å². The van der Waals surface area contributed by atoms with E-state index >= 15 is 0 Å². The quantitative estimate of drug-likeness (QED) is 0.634. The number of amides is 2. The molecule has 122 valence electrons. The minimum absolute atomic E-state index is 0.00818. The van der Waals surface area contributed by atoms with Crippen molar-refractivity contribution in [3.8, 4) is 5.75 Å². The number of phenols is 1. The molecule has 2 aromatic rings. The van der Waals surface area contributed by atoms with Crippen molar-refractivity contribution in [2.45, 2.75) is 6.92 Å². The number of hydrogen-bond acceptors (Lipinski definition) is 3. The highest BCUT2D eigenvalue weighted by molar-refractivity contribution is 6.42. The maximum atomic E-state index is 12.5. The highest BCUT2D eigenvalue weighted by Gasteiger charge is 2.34. The molecule has 2 N–H and O–H groups in total. The van der Waals surface area contributed by atoms with Gasteiger partial charge in [0.15, 0.2) is 0 Å². The highest BCUT2D eigenvalue weighted by Crippen LogP contribution is 2.29. The molecule has 2 aromatic carbocycles. The molecule has 0 bridgehead atoms. The molecule has 1 aliphatic rings. The lowest BCUT2D eigenvalue weighted by Crippen LogP contribution is -2.35. The molecule has 0 saturated carbocycles. The largest absolute Gasteiger partial charge is 0.508 e. The number of carbonyl (C=O) groups is 2. The van der Waals surface area contributed by atoms with Gasteiger partial charge in [-0.3, -0.25) is 15.0 Å². The van der Waals surface area contributed by atoms with Gasteiger partial charge in [0.1, 0.15) is 11.3 Å². The lowest BCUT2D eigenvalue weighted by Gasteiger charge is -2.15. The third kappa shape index (κ3) is 2.96. The summed E-state index contributed by atoms with van der Waals surface area (Å²) >= 11 is 11.8. The van der Waals surface area contributed by atoms with Gasteiger partial charge >= 0.3 is 0 Å². The van der Waals surface area contributed by atoms with E-state index in [0.717, 1.165) is 5.01 Å². The molecule has 0 spiro atoms. The van der Waals surface area contributed by atoms with Gasteiger partial charge in [-0.15, -0.1) is 0 Å². The number of nitrogens with zero attached hydrogens (tertiary/aromatic N) is 1. The molecule has 1 fully saturated rings. The van der Waals surface area contributed by atoms with E-state index in [1.807, 2.05) is 0 Å². The zero-order valence-corrected chi connectivity index (χ0v) is 14.0. The number of carbonyl (C=O) groups excluding carboxylic acids is 2. The Balaban J connectivity index is 1.95. The summed E-state index contributed by atoms with van der Waals surface area (Å²) in [4.78, 5) is 24.6. The molecule has 0 atom stereocenters. The molecule has 7 heteroatoms. The number of benzene rings is 2. The van der Waals surface area contributed by atoms with Crippen LogP contribution in [0, 0.1) is 6.92 Å². The van der Waals surface area contributed by atoms with Gasteiger partial charge in [-0.2, -0.15) is 0 Å². The lowest BCUT2D eigenvalue weighted by molar-refractivity contribution is -0.117. The Morgan fingerprint density at radius 2 is 1.83 bits per heavy atom. The SMILES string of the molecule is Cc1cc(C=C2C(=O)NN(c3ccc(Cl)c(Cl)c3)C2=O)ccc1O. The first-order valence-electron chi connectivity index (χ1n) is 6.98. The van der Waals surface area contributed by atoms with E-state index in [9.17, 15) is 14.7 Å². The molecule has 2 amide bonds. The third-order valence-corrected chi connectivity index (χ3v) is 4.32. The van der Waals surface area contributed by atoms with Crippen LogP contribution >= 0.6 is 23.2 Å². The Morgan fingerprint density at radius 1 is 1.08 bits per heavy atom. The predicted molar refractivity (Wildman–Crippen MR) is 92.9 cm³/mol. The first-order chi connectivity index (χ1) is 11.4. The predicted octanol–water partition coefficient (Wildman–Crippen LogP) is 3.47. The van der Waals surface area contributed by atoms with Crippen LogP contribution in [0.4, 0.5) is 5.69 Å². The maximum Gasteiger partial charge on any atom is 0.282 e. The standard InChI is InChI=1S/C17H12Cl2N2O3/c1-9-6-10(2-5-15(9)22)7-12-16(23)20-21(17(12)24)11-3-4-13(18)14(19)8-11/h2-8,22H,1H3,(H,20,23). The van der Waals surface area contributed by atoms with Gasteiger partial charge in [0.2, 0.25) is 0 Å². The summed E-state index contributed by atoms with van der Waals surface area (Å²) in [6, 6.07) is 9.44. The van der Waals surface area contributed by atoms with Crippen molar-refractivity contribution in [2.75, 3.05) is 5.01 Å². The number of aromatic hydroxyl groups is 1. The molecule has 5 nitrogen and oxygen atoms in total. The van der Waals surface area contributed by atoms with E-state index in [1.165, 1.54) is 18.2 Å². The minimum atomic E-state index is -0.517. The maximum absolute atomic E-state index is 12.5. The fourth-order valence-electron chi connectivity index (χ4n) is 2.30. The van der Waals surface area contributed by atoms with Crippen molar-refractivity contribution in [3.05, 3.63) is 63.1 Å². The number of hydrogen-bond donors (Lipinski definition) is 2. The van der Waals surface area contributed by atoms with Crippen molar-refractivity contribution in [1.29, 1.82) is 0 Å². The molecular formula is C17H12Cl2N2O3. The van der Waals surface area contributed by atoms with Crippen molar-refractivity contribution in [3.63, 3.8) is 0 Å².